The number of nitrogens with zero attached hydrogens (tertiary/aromatic N) is 4. The fourth-order valence-electron chi connectivity index (χ4n) is 2.39. The number of methoxy groups -OCH3 is 2. The van der Waals surface area contributed by atoms with E-state index in [1.54, 1.807) is 18.2 Å². The van der Waals surface area contributed by atoms with E-state index >= 15 is 0 Å². The molecule has 1 aromatic heterocycles. The number of hydrogen-bond donors (Lipinski definition) is 0. The Balaban J connectivity index is 1.65. The van der Waals surface area contributed by atoms with Crippen LogP contribution in [0.2, 0.25) is 5.02 Å². The summed E-state index contributed by atoms with van der Waals surface area (Å²) in [6.45, 7) is -0.575. The van der Waals surface area contributed by atoms with Crippen molar-refractivity contribution in [3.63, 3.8) is 0 Å². The number of rotatable bonds is 7. The topological polar surface area (TPSA) is 88.4 Å². The molecule has 0 saturated carbocycles. The first-order chi connectivity index (χ1) is 13.5. The molecule has 0 radical (unpaired) electrons. The van der Waals surface area contributed by atoms with Crippen molar-refractivity contribution in [3.8, 4) is 22.9 Å². The van der Waals surface area contributed by atoms with E-state index in [9.17, 15) is 9.18 Å². The number of ether oxygens (including phenoxy) is 3. The van der Waals surface area contributed by atoms with E-state index < -0.39 is 11.8 Å². The maximum absolute atomic E-state index is 13.7. The smallest absolute Gasteiger partial charge is 0.330 e. The quantitative estimate of drug-likeness (QED) is 0.557. The molecule has 0 bridgehead atoms. The molecule has 3 rings (SSSR count). The average Bonchev–Trinajstić information content (AvgIpc) is 3.15. The minimum atomic E-state index is -0.657. The van der Waals surface area contributed by atoms with Crippen LogP contribution in [0.3, 0.4) is 0 Å². The van der Waals surface area contributed by atoms with Gasteiger partial charge < -0.3 is 14.2 Å². The van der Waals surface area contributed by atoms with E-state index in [-0.39, 0.29) is 23.7 Å². The van der Waals surface area contributed by atoms with Gasteiger partial charge in [-0.05, 0) is 35.5 Å². The van der Waals surface area contributed by atoms with E-state index in [4.69, 9.17) is 25.8 Å². The van der Waals surface area contributed by atoms with Gasteiger partial charge in [-0.25, -0.2) is 9.18 Å². The number of hydrogen-bond acceptors (Lipinski definition) is 7. The lowest BCUT2D eigenvalue weighted by atomic mass is 10.2. The molecule has 1 heterocycles. The molecule has 8 nitrogen and oxygen atoms in total. The summed E-state index contributed by atoms with van der Waals surface area (Å²) in [6, 6.07) is 9.37. The highest BCUT2D eigenvalue weighted by atomic mass is 35.5. The number of carbonyl (C=O) groups excluding carboxylic acids is 1. The Kier molecular flexibility index (Phi) is 6.05. The van der Waals surface area contributed by atoms with Crippen LogP contribution in [0, 0.1) is 5.82 Å². The second-order valence-corrected chi connectivity index (χ2v) is 5.98. The standard InChI is InChI=1S/C18H16ClFN4O4/c1-26-15-7-6-11(8-16(15)27-2)18-21-23-24(22-18)9-17(25)28-10-12-13(19)4-3-5-14(12)20/h3-8H,9-10H2,1-2H3. The van der Waals surface area contributed by atoms with Crippen LogP contribution in [0.25, 0.3) is 11.4 Å². The number of carbonyl (C=O) groups is 1. The Morgan fingerprint density at radius 1 is 1.18 bits per heavy atom. The summed E-state index contributed by atoms with van der Waals surface area (Å²) in [6.07, 6.45) is 0. The number of aromatic nitrogens is 4. The molecule has 0 aliphatic rings. The van der Waals surface area contributed by atoms with Gasteiger partial charge in [-0.3, -0.25) is 0 Å². The fraction of sp³-hybridized carbons (Fsp3) is 0.222. The molecule has 0 aliphatic carbocycles. The minimum Gasteiger partial charge on any atom is -0.493 e. The van der Waals surface area contributed by atoms with Crippen molar-refractivity contribution in [1.29, 1.82) is 0 Å². The summed E-state index contributed by atoms with van der Waals surface area (Å²) >= 11 is 5.90. The third-order valence-electron chi connectivity index (χ3n) is 3.80. The van der Waals surface area contributed by atoms with Gasteiger partial charge in [0.05, 0.1) is 19.2 Å². The van der Waals surface area contributed by atoms with Crippen LogP contribution in [-0.2, 0) is 22.7 Å². The zero-order valence-corrected chi connectivity index (χ0v) is 15.8. The maximum Gasteiger partial charge on any atom is 0.330 e. The largest absolute Gasteiger partial charge is 0.493 e. The summed E-state index contributed by atoms with van der Waals surface area (Å²) < 4.78 is 29.2. The lowest BCUT2D eigenvalue weighted by Crippen LogP contribution is -2.16. The lowest BCUT2D eigenvalue weighted by molar-refractivity contribution is -0.146. The van der Waals surface area contributed by atoms with Gasteiger partial charge >= 0.3 is 5.97 Å². The second kappa shape index (κ2) is 8.66. The molecule has 0 spiro atoms. The number of benzene rings is 2. The molecule has 0 N–H and O–H groups in total. The first-order valence-electron chi connectivity index (χ1n) is 8.10. The van der Waals surface area contributed by atoms with Crippen LogP contribution in [0.4, 0.5) is 4.39 Å². The molecular weight excluding hydrogens is 391 g/mol. The third-order valence-corrected chi connectivity index (χ3v) is 4.16. The van der Waals surface area contributed by atoms with E-state index in [1.165, 1.54) is 32.4 Å². The van der Waals surface area contributed by atoms with E-state index in [0.717, 1.165) is 4.80 Å². The van der Waals surface area contributed by atoms with Crippen LogP contribution < -0.4 is 9.47 Å². The maximum atomic E-state index is 13.7. The molecule has 0 aliphatic heterocycles. The van der Waals surface area contributed by atoms with Gasteiger partial charge in [-0.1, -0.05) is 17.7 Å². The lowest BCUT2D eigenvalue weighted by Gasteiger charge is -2.07. The molecular formula is C18H16ClFN4O4. The normalized spacial score (nSPS) is 10.6. The number of tetrazole rings is 1. The molecule has 10 heteroatoms. The van der Waals surface area contributed by atoms with Gasteiger partial charge in [0.25, 0.3) is 0 Å². The molecule has 0 atom stereocenters. The van der Waals surface area contributed by atoms with Crippen LogP contribution in [0.1, 0.15) is 5.56 Å². The summed E-state index contributed by atoms with van der Waals surface area (Å²) in [7, 11) is 3.05. The zero-order chi connectivity index (χ0) is 20.1. The predicted octanol–water partition coefficient (Wildman–Crippen LogP) is 2.89. The summed E-state index contributed by atoms with van der Waals surface area (Å²) in [5.41, 5.74) is 0.741. The van der Waals surface area contributed by atoms with Crippen molar-refractivity contribution in [3.05, 3.63) is 52.8 Å². The van der Waals surface area contributed by atoms with Gasteiger partial charge in [0.15, 0.2) is 18.0 Å². The number of halogens is 2. The summed E-state index contributed by atoms with van der Waals surface area (Å²) in [4.78, 5) is 13.1. The predicted molar refractivity (Wildman–Crippen MR) is 97.6 cm³/mol. The van der Waals surface area contributed by atoms with Gasteiger partial charge in [-0.15, -0.1) is 10.2 Å². The van der Waals surface area contributed by atoms with Crippen LogP contribution in [-0.4, -0.2) is 40.4 Å². The van der Waals surface area contributed by atoms with E-state index in [0.29, 0.717) is 22.9 Å². The van der Waals surface area contributed by atoms with Gasteiger partial charge in [-0.2, -0.15) is 4.80 Å². The molecule has 0 unspecified atom stereocenters. The van der Waals surface area contributed by atoms with Crippen molar-refractivity contribution in [2.75, 3.05) is 14.2 Å². The summed E-state index contributed by atoms with van der Waals surface area (Å²) in [5.74, 6) is 0.169. The SMILES string of the molecule is COc1ccc(-c2nnn(CC(=O)OCc3c(F)cccc3Cl)n2)cc1OC. The van der Waals surface area contributed by atoms with Crippen molar-refractivity contribution in [2.45, 2.75) is 13.2 Å². The highest BCUT2D eigenvalue weighted by Crippen LogP contribution is 2.30. The van der Waals surface area contributed by atoms with Crippen LogP contribution >= 0.6 is 11.6 Å². The Morgan fingerprint density at radius 3 is 2.68 bits per heavy atom. The Bertz CT molecular complexity index is 975. The van der Waals surface area contributed by atoms with Crippen molar-refractivity contribution < 1.29 is 23.4 Å². The molecule has 0 amide bonds. The van der Waals surface area contributed by atoms with E-state index in [2.05, 4.69) is 15.4 Å². The second-order valence-electron chi connectivity index (χ2n) is 5.57. The molecule has 146 valence electrons. The molecule has 3 aromatic rings. The number of esters is 1. The Labute approximate surface area is 164 Å². The molecule has 28 heavy (non-hydrogen) atoms. The molecule has 0 saturated heterocycles. The zero-order valence-electron chi connectivity index (χ0n) is 15.1. The van der Waals surface area contributed by atoms with Gasteiger partial charge in [0.2, 0.25) is 5.82 Å². The minimum absolute atomic E-state index is 0.107. The van der Waals surface area contributed by atoms with Crippen molar-refractivity contribution in [2.24, 2.45) is 0 Å². The average molecular weight is 407 g/mol. The van der Waals surface area contributed by atoms with Gasteiger partial charge in [0, 0.05) is 11.1 Å². The Hall–Kier alpha value is -3.20. The Morgan fingerprint density at radius 2 is 1.96 bits per heavy atom. The molecule has 0 fully saturated rings. The first kappa shape index (κ1) is 19.6. The fourth-order valence-corrected chi connectivity index (χ4v) is 2.60. The third kappa shape index (κ3) is 4.37. The first-order valence-corrected chi connectivity index (χ1v) is 8.48. The van der Waals surface area contributed by atoms with Crippen LogP contribution in [0.5, 0.6) is 11.5 Å². The summed E-state index contributed by atoms with van der Waals surface area (Å²) in [5, 5.41) is 12.1. The van der Waals surface area contributed by atoms with Crippen LogP contribution in [0.15, 0.2) is 36.4 Å². The van der Waals surface area contributed by atoms with E-state index in [1.807, 2.05) is 0 Å². The molecule has 2 aromatic carbocycles. The monoisotopic (exact) mass is 406 g/mol. The van der Waals surface area contributed by atoms with Gasteiger partial charge in [0.1, 0.15) is 12.4 Å². The van der Waals surface area contributed by atoms with Crippen molar-refractivity contribution in [1.82, 2.24) is 20.2 Å². The highest BCUT2D eigenvalue weighted by Gasteiger charge is 2.14. The highest BCUT2D eigenvalue weighted by molar-refractivity contribution is 6.31. The van der Waals surface area contributed by atoms with Crippen molar-refractivity contribution >= 4 is 17.6 Å².